The summed E-state index contributed by atoms with van der Waals surface area (Å²) in [6.45, 7) is 1.79. The molecule has 0 fully saturated rings. The molecule has 0 aliphatic carbocycles. The summed E-state index contributed by atoms with van der Waals surface area (Å²) in [5.74, 6) is 0.00413. The van der Waals surface area contributed by atoms with Crippen LogP contribution in [0.2, 0.25) is 0 Å². The molecule has 0 heterocycles. The summed E-state index contributed by atoms with van der Waals surface area (Å²) >= 11 is 0. The third-order valence-corrected chi connectivity index (χ3v) is 3.04. The predicted molar refractivity (Wildman–Crippen MR) is 76.4 cm³/mol. The van der Waals surface area contributed by atoms with E-state index in [0.717, 1.165) is 23.8 Å². The molecule has 0 bridgehead atoms. The number of hydrogen-bond donors (Lipinski definition) is 1. The average molecular weight is 290 g/mol. The highest BCUT2D eigenvalue weighted by Crippen LogP contribution is 2.22. The highest BCUT2D eigenvalue weighted by molar-refractivity contribution is 5.40. The van der Waals surface area contributed by atoms with Gasteiger partial charge in [-0.15, -0.1) is 0 Å². The summed E-state index contributed by atoms with van der Waals surface area (Å²) in [5, 5.41) is 10.9. The number of nitrogens with two attached hydrogens (primary N) is 1. The number of benzene rings is 2. The molecular formula is C15H15FN2O3. The maximum atomic E-state index is 13.2. The van der Waals surface area contributed by atoms with Gasteiger partial charge in [-0.1, -0.05) is 12.1 Å². The number of ether oxygens (including phenoxy) is 1. The monoisotopic (exact) mass is 290 g/mol. The van der Waals surface area contributed by atoms with Crippen LogP contribution in [-0.4, -0.2) is 4.92 Å². The fourth-order valence-electron chi connectivity index (χ4n) is 1.88. The molecule has 0 saturated carbocycles. The van der Waals surface area contributed by atoms with Gasteiger partial charge in [0.05, 0.1) is 10.5 Å². The molecule has 0 saturated heterocycles. The Hall–Kier alpha value is -2.47. The van der Waals surface area contributed by atoms with E-state index in [1.54, 1.807) is 12.1 Å². The van der Waals surface area contributed by atoms with Gasteiger partial charge in [0.25, 0.3) is 5.69 Å². The zero-order valence-electron chi connectivity index (χ0n) is 11.5. The second-order valence-corrected chi connectivity index (χ2v) is 4.68. The van der Waals surface area contributed by atoms with Crippen LogP contribution in [-0.2, 0) is 6.61 Å². The molecule has 2 aromatic rings. The smallest absolute Gasteiger partial charge is 0.276 e. The molecule has 110 valence electrons. The number of rotatable bonds is 5. The van der Waals surface area contributed by atoms with Crippen LogP contribution in [0, 0.1) is 15.9 Å². The van der Waals surface area contributed by atoms with Gasteiger partial charge in [-0.25, -0.2) is 4.39 Å². The molecule has 1 unspecified atom stereocenters. The molecule has 2 aromatic carbocycles. The maximum Gasteiger partial charge on any atom is 0.276 e. The summed E-state index contributed by atoms with van der Waals surface area (Å²) in [4.78, 5) is 10.3. The first-order chi connectivity index (χ1) is 9.97. The van der Waals surface area contributed by atoms with Gasteiger partial charge < -0.3 is 10.5 Å². The molecule has 0 aromatic heterocycles. The van der Waals surface area contributed by atoms with Crippen molar-refractivity contribution in [1.82, 2.24) is 0 Å². The second-order valence-electron chi connectivity index (χ2n) is 4.68. The molecule has 2 N–H and O–H groups in total. The first-order valence-electron chi connectivity index (χ1n) is 6.38. The minimum atomic E-state index is -0.558. The topological polar surface area (TPSA) is 78.4 Å². The second kappa shape index (κ2) is 6.32. The molecule has 5 nitrogen and oxygen atoms in total. The van der Waals surface area contributed by atoms with Crippen molar-refractivity contribution in [3.05, 3.63) is 69.5 Å². The van der Waals surface area contributed by atoms with Crippen molar-refractivity contribution in [2.24, 2.45) is 5.73 Å². The summed E-state index contributed by atoms with van der Waals surface area (Å²) in [6, 6.07) is 10.3. The normalized spacial score (nSPS) is 12.0. The molecule has 0 spiro atoms. The molecule has 6 heteroatoms. The Morgan fingerprint density at radius 2 is 1.95 bits per heavy atom. The van der Waals surface area contributed by atoms with Crippen LogP contribution < -0.4 is 10.5 Å². The van der Waals surface area contributed by atoms with Crippen molar-refractivity contribution in [3.63, 3.8) is 0 Å². The Morgan fingerprint density at radius 1 is 1.29 bits per heavy atom. The lowest BCUT2D eigenvalue weighted by molar-refractivity contribution is -0.385. The lowest BCUT2D eigenvalue weighted by Crippen LogP contribution is -2.05. The zero-order chi connectivity index (χ0) is 15.4. The van der Waals surface area contributed by atoms with Crippen LogP contribution in [0.3, 0.4) is 0 Å². The Bertz CT molecular complexity index is 642. The average Bonchev–Trinajstić information content (AvgIpc) is 2.45. The molecule has 0 amide bonds. The Balaban J connectivity index is 2.12. The van der Waals surface area contributed by atoms with Crippen molar-refractivity contribution >= 4 is 5.69 Å². The van der Waals surface area contributed by atoms with E-state index in [-0.39, 0.29) is 23.9 Å². The summed E-state index contributed by atoms with van der Waals surface area (Å²) < 4.78 is 18.6. The summed E-state index contributed by atoms with van der Waals surface area (Å²) in [5.41, 5.74) is 6.73. The van der Waals surface area contributed by atoms with E-state index >= 15 is 0 Å². The highest BCUT2D eigenvalue weighted by Gasteiger charge is 2.15. The molecule has 1 atom stereocenters. The van der Waals surface area contributed by atoms with Crippen molar-refractivity contribution in [1.29, 1.82) is 0 Å². The van der Waals surface area contributed by atoms with E-state index < -0.39 is 10.7 Å². The summed E-state index contributed by atoms with van der Waals surface area (Å²) in [6.07, 6.45) is 0. The maximum absolute atomic E-state index is 13.2. The first kappa shape index (κ1) is 14.9. The van der Waals surface area contributed by atoms with Crippen molar-refractivity contribution in [2.75, 3.05) is 0 Å². The third kappa shape index (κ3) is 3.76. The number of hydrogen-bond acceptors (Lipinski definition) is 4. The molecule has 21 heavy (non-hydrogen) atoms. The Kier molecular flexibility index (Phi) is 4.49. The van der Waals surface area contributed by atoms with Gasteiger partial charge >= 0.3 is 0 Å². The van der Waals surface area contributed by atoms with Gasteiger partial charge in [-0.05, 0) is 36.8 Å². The van der Waals surface area contributed by atoms with E-state index in [2.05, 4.69) is 0 Å². The van der Waals surface area contributed by atoms with Gasteiger partial charge in [0, 0.05) is 12.1 Å². The predicted octanol–water partition coefficient (Wildman–Crippen LogP) is 3.33. The molecule has 0 aliphatic rings. The molecule has 0 radical (unpaired) electrons. The third-order valence-electron chi connectivity index (χ3n) is 3.04. The standard InChI is InChI=1S/C15H15FN2O3/c1-10(17)11-2-5-14(6-3-11)21-9-12-8-13(16)4-7-15(12)18(19)20/h2-8,10H,9,17H2,1H3. The molecular weight excluding hydrogens is 275 g/mol. The highest BCUT2D eigenvalue weighted by atomic mass is 19.1. The van der Waals surface area contributed by atoms with Crippen LogP contribution in [0.15, 0.2) is 42.5 Å². The molecule has 0 aliphatic heterocycles. The molecule has 2 rings (SSSR count). The van der Waals surface area contributed by atoms with E-state index in [4.69, 9.17) is 10.5 Å². The van der Waals surface area contributed by atoms with Crippen LogP contribution >= 0.6 is 0 Å². The van der Waals surface area contributed by atoms with E-state index in [1.807, 2.05) is 19.1 Å². The Morgan fingerprint density at radius 3 is 2.52 bits per heavy atom. The quantitative estimate of drug-likeness (QED) is 0.676. The summed E-state index contributed by atoms with van der Waals surface area (Å²) in [7, 11) is 0. The van der Waals surface area contributed by atoms with Crippen molar-refractivity contribution in [2.45, 2.75) is 19.6 Å². The number of nitro benzene ring substituents is 1. The van der Waals surface area contributed by atoms with Crippen LogP contribution in [0.1, 0.15) is 24.1 Å². The van der Waals surface area contributed by atoms with Crippen LogP contribution in [0.4, 0.5) is 10.1 Å². The van der Waals surface area contributed by atoms with Crippen LogP contribution in [0.5, 0.6) is 5.75 Å². The van der Waals surface area contributed by atoms with Crippen molar-refractivity contribution in [3.8, 4) is 5.75 Å². The zero-order valence-corrected chi connectivity index (χ0v) is 11.5. The van der Waals surface area contributed by atoms with Gasteiger partial charge in [0.1, 0.15) is 18.2 Å². The van der Waals surface area contributed by atoms with E-state index in [0.29, 0.717) is 5.75 Å². The lowest BCUT2D eigenvalue weighted by Gasteiger charge is -2.09. The minimum absolute atomic E-state index is 0.0778. The SMILES string of the molecule is CC(N)c1ccc(OCc2cc(F)ccc2[N+](=O)[O-])cc1. The van der Waals surface area contributed by atoms with Gasteiger partial charge in [0.2, 0.25) is 0 Å². The number of halogens is 1. The van der Waals surface area contributed by atoms with E-state index in [1.165, 1.54) is 0 Å². The minimum Gasteiger partial charge on any atom is -0.489 e. The van der Waals surface area contributed by atoms with Gasteiger partial charge in [-0.3, -0.25) is 10.1 Å². The van der Waals surface area contributed by atoms with Crippen molar-refractivity contribution < 1.29 is 14.1 Å². The first-order valence-corrected chi connectivity index (χ1v) is 6.38. The fourth-order valence-corrected chi connectivity index (χ4v) is 1.88. The van der Waals surface area contributed by atoms with Crippen LogP contribution in [0.25, 0.3) is 0 Å². The largest absolute Gasteiger partial charge is 0.489 e. The number of nitro groups is 1. The van der Waals surface area contributed by atoms with Gasteiger partial charge in [-0.2, -0.15) is 0 Å². The van der Waals surface area contributed by atoms with E-state index in [9.17, 15) is 14.5 Å². The lowest BCUT2D eigenvalue weighted by atomic mass is 10.1. The van der Waals surface area contributed by atoms with Gasteiger partial charge in [0.15, 0.2) is 0 Å². The number of nitrogens with zero attached hydrogens (tertiary/aromatic N) is 1. The Labute approximate surface area is 121 Å². The fraction of sp³-hybridized carbons (Fsp3) is 0.200.